The van der Waals surface area contributed by atoms with Crippen LogP contribution in [0.1, 0.15) is 272 Å². The second-order valence-corrected chi connectivity index (χ2v) is 24.5. The average molecular weight is 976 g/mol. The first-order chi connectivity index (χ1) is 33.4. The molecule has 0 spiro atoms. The third-order valence-corrected chi connectivity index (χ3v) is 14.3. The molecule has 0 saturated carbocycles. The maximum absolute atomic E-state index is 13.2. The molecule has 2 unspecified atom stereocenters. The lowest BCUT2D eigenvalue weighted by molar-refractivity contribution is -0.916. The summed E-state index contributed by atoms with van der Waals surface area (Å²) in [6.07, 6.45) is 43.5. The molecular formula is C64H114N2O4+2. The summed E-state index contributed by atoms with van der Waals surface area (Å²) in [5.41, 5.74) is 3.88. The second kappa shape index (κ2) is 37.1. The number of carbonyl (C=O) groups is 2. The van der Waals surface area contributed by atoms with Crippen molar-refractivity contribution in [1.29, 1.82) is 0 Å². The van der Waals surface area contributed by atoms with E-state index in [0.717, 1.165) is 39.0 Å². The molecule has 0 N–H and O–H groups in total. The van der Waals surface area contributed by atoms with Gasteiger partial charge in [-0.15, -0.1) is 0 Å². The Balaban J connectivity index is 1.89. The van der Waals surface area contributed by atoms with Crippen LogP contribution in [0, 0.1) is 0 Å². The molecule has 70 heavy (non-hydrogen) atoms. The van der Waals surface area contributed by atoms with Crippen LogP contribution in [0.5, 0.6) is 0 Å². The van der Waals surface area contributed by atoms with Crippen molar-refractivity contribution in [1.82, 2.24) is 0 Å². The van der Waals surface area contributed by atoms with Gasteiger partial charge in [-0.3, -0.25) is 0 Å². The minimum Gasteiger partial charge on any atom is -0.456 e. The Morgan fingerprint density at radius 1 is 0.357 bits per heavy atom. The molecule has 0 bridgehead atoms. The van der Waals surface area contributed by atoms with Crippen molar-refractivity contribution < 1.29 is 28.0 Å². The van der Waals surface area contributed by atoms with Crippen LogP contribution in [-0.4, -0.2) is 72.4 Å². The number of benzene rings is 2. The van der Waals surface area contributed by atoms with Gasteiger partial charge in [0.25, 0.3) is 0 Å². The lowest BCUT2D eigenvalue weighted by atomic mass is 10.0. The lowest BCUT2D eigenvalue weighted by Gasteiger charge is -2.35. The Morgan fingerprint density at radius 3 is 0.786 bits per heavy atom. The fraction of sp³-hybridized carbons (Fsp3) is 0.781. The van der Waals surface area contributed by atoms with Crippen LogP contribution in [0.2, 0.25) is 0 Å². The Bertz CT molecular complexity index is 1470. The Morgan fingerprint density at radius 2 is 0.571 bits per heavy atom. The largest absolute Gasteiger partial charge is 0.456 e. The Hall–Kier alpha value is -2.70. The van der Waals surface area contributed by atoms with E-state index >= 15 is 0 Å². The number of quaternary nitrogens is 2. The summed E-state index contributed by atoms with van der Waals surface area (Å²) >= 11 is 0. The smallest absolute Gasteiger partial charge is 0.362 e. The molecule has 0 radical (unpaired) electrons. The zero-order valence-electron chi connectivity index (χ0n) is 48.0. The molecule has 0 fully saturated rings. The van der Waals surface area contributed by atoms with Crippen LogP contribution in [0.25, 0.3) is 11.1 Å². The molecule has 2 aromatic carbocycles. The van der Waals surface area contributed by atoms with Crippen molar-refractivity contribution in [3.05, 3.63) is 59.7 Å². The molecular weight excluding hydrogens is 861 g/mol. The molecule has 0 aliphatic rings. The number of nitrogens with zero attached hydrogens (tertiary/aromatic N) is 2. The van der Waals surface area contributed by atoms with Crippen molar-refractivity contribution in [2.75, 3.05) is 40.3 Å². The van der Waals surface area contributed by atoms with E-state index in [1.807, 2.05) is 41.5 Å². The molecule has 0 aromatic heterocycles. The Kier molecular flexibility index (Phi) is 33.6. The van der Waals surface area contributed by atoms with E-state index in [1.165, 1.54) is 215 Å². The van der Waals surface area contributed by atoms with Gasteiger partial charge in [0.2, 0.25) is 0 Å². The van der Waals surface area contributed by atoms with Crippen LogP contribution in [-0.2, 0) is 32.2 Å². The quantitative estimate of drug-likeness (QED) is 0.0377. The van der Waals surface area contributed by atoms with Crippen LogP contribution in [0.15, 0.2) is 48.5 Å². The highest BCUT2D eigenvalue weighted by Crippen LogP contribution is 2.26. The first-order valence-corrected chi connectivity index (χ1v) is 29.7. The van der Waals surface area contributed by atoms with Gasteiger partial charge >= 0.3 is 11.9 Å². The molecule has 402 valence electrons. The summed E-state index contributed by atoms with van der Waals surface area (Å²) < 4.78 is 13.0. The van der Waals surface area contributed by atoms with Gasteiger partial charge in [-0.2, -0.15) is 0 Å². The highest BCUT2D eigenvalue weighted by atomic mass is 16.6. The van der Waals surface area contributed by atoms with Crippen LogP contribution in [0.3, 0.4) is 0 Å². The molecule has 2 rings (SSSR count). The number of rotatable bonds is 43. The van der Waals surface area contributed by atoms with Crippen LogP contribution < -0.4 is 0 Å². The van der Waals surface area contributed by atoms with E-state index in [-0.39, 0.29) is 11.9 Å². The van der Waals surface area contributed by atoms with E-state index in [4.69, 9.17) is 9.47 Å². The fourth-order valence-corrected chi connectivity index (χ4v) is 10.4. The van der Waals surface area contributed by atoms with Crippen LogP contribution in [0.4, 0.5) is 0 Å². The Labute approximate surface area is 434 Å². The molecule has 2 atom stereocenters. The summed E-state index contributed by atoms with van der Waals surface area (Å²) in [5, 5.41) is 0. The predicted molar refractivity (Wildman–Crippen MR) is 302 cm³/mol. The fourth-order valence-electron chi connectivity index (χ4n) is 10.4. The summed E-state index contributed by atoms with van der Waals surface area (Å²) in [6, 6.07) is 17.9. The monoisotopic (exact) mass is 975 g/mol. The zero-order chi connectivity index (χ0) is 51.4. The van der Waals surface area contributed by atoms with Gasteiger partial charge < -0.3 is 18.4 Å². The van der Waals surface area contributed by atoms with Gasteiger partial charge in [0.1, 0.15) is 24.3 Å². The zero-order valence-corrected chi connectivity index (χ0v) is 48.0. The normalized spacial score (nSPS) is 13.8. The SMILES string of the molecule is CCCCCCCCCCCCCCCCCC[N+](C)(CC(=O)OC(C)(C)C)Cc1ccc(-c2ccc(C[N+](C)(CCCCCCCCCCCCCCCCCC)CC(=O)OC(C)(C)C)cc2)cc1. The molecule has 6 heteroatoms. The number of esters is 2. The summed E-state index contributed by atoms with van der Waals surface area (Å²) in [5.74, 6) is -0.233. The number of hydrogen-bond donors (Lipinski definition) is 0. The van der Waals surface area contributed by atoms with Crippen molar-refractivity contribution in [3.63, 3.8) is 0 Å². The van der Waals surface area contributed by atoms with Crippen molar-refractivity contribution in [3.8, 4) is 11.1 Å². The third-order valence-electron chi connectivity index (χ3n) is 14.3. The second-order valence-electron chi connectivity index (χ2n) is 24.5. The molecule has 0 saturated heterocycles. The van der Waals surface area contributed by atoms with Gasteiger partial charge in [-0.25, -0.2) is 9.59 Å². The summed E-state index contributed by atoms with van der Waals surface area (Å²) in [7, 11) is 4.47. The summed E-state index contributed by atoms with van der Waals surface area (Å²) in [4.78, 5) is 26.4. The average Bonchev–Trinajstić information content (AvgIpc) is 3.28. The molecule has 0 aliphatic carbocycles. The number of carbonyl (C=O) groups excluding carboxylic acids is 2. The first kappa shape index (κ1) is 63.4. The number of ether oxygens (including phenoxy) is 2. The highest BCUT2D eigenvalue weighted by Gasteiger charge is 2.30. The van der Waals surface area contributed by atoms with Gasteiger partial charge in [0, 0.05) is 11.1 Å². The van der Waals surface area contributed by atoms with E-state index in [0.29, 0.717) is 22.1 Å². The van der Waals surface area contributed by atoms with E-state index < -0.39 is 11.2 Å². The van der Waals surface area contributed by atoms with Crippen LogP contribution >= 0.6 is 0 Å². The topological polar surface area (TPSA) is 52.6 Å². The highest BCUT2D eigenvalue weighted by molar-refractivity contribution is 5.71. The summed E-state index contributed by atoms with van der Waals surface area (Å²) in [6.45, 7) is 20.6. The van der Waals surface area contributed by atoms with Gasteiger partial charge in [-0.05, 0) is 78.4 Å². The third kappa shape index (κ3) is 33.9. The molecule has 0 amide bonds. The van der Waals surface area contributed by atoms with Crippen molar-refractivity contribution in [2.45, 2.75) is 285 Å². The van der Waals surface area contributed by atoms with E-state index in [1.54, 1.807) is 0 Å². The van der Waals surface area contributed by atoms with Crippen molar-refractivity contribution >= 4 is 11.9 Å². The predicted octanol–water partition coefficient (Wildman–Crippen LogP) is 18.5. The molecule has 6 nitrogen and oxygen atoms in total. The molecule has 0 aliphatic heterocycles. The first-order valence-electron chi connectivity index (χ1n) is 29.7. The van der Waals surface area contributed by atoms with Gasteiger partial charge in [-0.1, -0.05) is 242 Å². The standard InChI is InChI=1S/C64H114N2O4/c1-11-13-15-17-19-21-23-25-27-29-31-33-35-37-39-41-51-65(9,55-61(67)69-63(3,4)5)53-57-43-47-59(48-44-57)60-49-45-58(46-50-60)54-66(10,56-62(68)70-64(6,7)8)52-42-40-38-36-34-32-30-28-26-24-22-20-18-16-14-12-2/h43-50H,11-42,51-56H2,1-10H3/q+2. The molecule has 0 heterocycles. The lowest BCUT2D eigenvalue weighted by Crippen LogP contribution is -2.49. The van der Waals surface area contributed by atoms with Gasteiger partial charge in [0.15, 0.2) is 13.1 Å². The van der Waals surface area contributed by atoms with E-state index in [9.17, 15) is 9.59 Å². The maximum atomic E-state index is 13.2. The number of unbranched alkanes of at least 4 members (excludes halogenated alkanes) is 30. The minimum absolute atomic E-state index is 0.117. The van der Waals surface area contributed by atoms with Crippen molar-refractivity contribution in [2.24, 2.45) is 0 Å². The molecule has 2 aromatic rings. The number of likely N-dealkylation sites (N-methyl/N-ethyl adjacent to an activating group) is 2. The number of hydrogen-bond acceptors (Lipinski definition) is 4. The maximum Gasteiger partial charge on any atom is 0.362 e. The van der Waals surface area contributed by atoms with Gasteiger partial charge in [0.05, 0.1) is 27.2 Å². The van der Waals surface area contributed by atoms with E-state index in [2.05, 4.69) is 76.5 Å². The minimum atomic E-state index is -0.492.